The van der Waals surface area contributed by atoms with E-state index >= 15 is 0 Å². The number of ether oxygens (including phenoxy) is 1. The first-order valence-electron chi connectivity index (χ1n) is 4.48. The molecular formula is C8H15ClN2O2. The smallest absolute Gasteiger partial charge is 0.407 e. The highest BCUT2D eigenvalue weighted by atomic mass is 35.5. The Morgan fingerprint density at radius 1 is 1.15 bits per heavy atom. The molecule has 5 heteroatoms. The highest BCUT2D eigenvalue weighted by Crippen LogP contribution is 2.28. The van der Waals surface area contributed by atoms with Crippen LogP contribution in [-0.2, 0) is 4.74 Å². The van der Waals surface area contributed by atoms with Gasteiger partial charge in [0.25, 0.3) is 0 Å². The molecule has 0 atom stereocenters. The van der Waals surface area contributed by atoms with Crippen molar-refractivity contribution in [2.24, 2.45) is 0 Å². The van der Waals surface area contributed by atoms with Gasteiger partial charge in [-0.25, -0.2) is 4.79 Å². The van der Waals surface area contributed by atoms with E-state index in [1.807, 2.05) is 0 Å². The summed E-state index contributed by atoms with van der Waals surface area (Å²) in [6.45, 7) is 2.69. The lowest BCUT2D eigenvalue weighted by atomic mass is 9.88. The molecule has 13 heavy (non-hydrogen) atoms. The lowest BCUT2D eigenvalue weighted by Crippen LogP contribution is -2.52. The van der Waals surface area contributed by atoms with Crippen LogP contribution in [0.5, 0.6) is 0 Å². The first-order chi connectivity index (χ1) is 5.81. The van der Waals surface area contributed by atoms with Crippen LogP contribution in [-0.4, -0.2) is 31.3 Å². The summed E-state index contributed by atoms with van der Waals surface area (Å²) < 4.78 is 5.32. The fourth-order valence-corrected chi connectivity index (χ4v) is 1.91. The standard InChI is InChI=1S/C8H14N2O2.ClH/c11-7-10-6-3-8(12-7)1-4-9-5-2-8;/h9H,1-6H2,(H,10,11);1H. The zero-order valence-electron chi connectivity index (χ0n) is 7.47. The van der Waals surface area contributed by atoms with Crippen LogP contribution >= 0.6 is 12.4 Å². The van der Waals surface area contributed by atoms with Gasteiger partial charge in [-0.2, -0.15) is 0 Å². The third-order valence-electron chi connectivity index (χ3n) is 2.67. The minimum absolute atomic E-state index is 0. The zero-order valence-corrected chi connectivity index (χ0v) is 8.28. The van der Waals surface area contributed by atoms with Crippen molar-refractivity contribution in [2.45, 2.75) is 24.9 Å². The van der Waals surface area contributed by atoms with E-state index in [2.05, 4.69) is 10.6 Å². The average molecular weight is 207 g/mol. The first kappa shape index (κ1) is 10.6. The summed E-state index contributed by atoms with van der Waals surface area (Å²) in [5.41, 5.74) is -0.145. The Bertz CT molecular complexity index is 187. The number of alkyl carbamates (subject to hydrolysis) is 1. The Balaban J connectivity index is 0.000000845. The molecule has 0 radical (unpaired) electrons. The van der Waals surface area contributed by atoms with Gasteiger partial charge >= 0.3 is 6.09 Å². The maximum atomic E-state index is 11.0. The Morgan fingerprint density at radius 2 is 1.77 bits per heavy atom. The van der Waals surface area contributed by atoms with Crippen molar-refractivity contribution >= 4 is 18.5 Å². The molecule has 0 aromatic heterocycles. The molecule has 0 aromatic rings. The molecule has 1 amide bonds. The molecule has 2 rings (SSSR count). The Morgan fingerprint density at radius 3 is 2.38 bits per heavy atom. The van der Waals surface area contributed by atoms with Crippen LogP contribution in [0.25, 0.3) is 0 Å². The van der Waals surface area contributed by atoms with Crippen LogP contribution < -0.4 is 10.6 Å². The maximum absolute atomic E-state index is 11.0. The van der Waals surface area contributed by atoms with Crippen molar-refractivity contribution in [3.63, 3.8) is 0 Å². The van der Waals surface area contributed by atoms with Crippen molar-refractivity contribution in [3.05, 3.63) is 0 Å². The van der Waals surface area contributed by atoms with Gasteiger partial charge in [-0.3, -0.25) is 0 Å². The van der Waals surface area contributed by atoms with Crippen molar-refractivity contribution in [1.82, 2.24) is 10.6 Å². The summed E-state index contributed by atoms with van der Waals surface area (Å²) in [5, 5.41) is 5.93. The molecule has 0 saturated carbocycles. The topological polar surface area (TPSA) is 50.4 Å². The molecule has 2 heterocycles. The summed E-state index contributed by atoms with van der Waals surface area (Å²) in [6, 6.07) is 0. The molecule has 0 aromatic carbocycles. The molecule has 2 N–H and O–H groups in total. The van der Waals surface area contributed by atoms with Crippen LogP contribution in [0.15, 0.2) is 0 Å². The third-order valence-corrected chi connectivity index (χ3v) is 2.67. The number of piperidine rings is 1. The summed E-state index contributed by atoms with van der Waals surface area (Å²) in [7, 11) is 0. The first-order valence-corrected chi connectivity index (χ1v) is 4.48. The van der Waals surface area contributed by atoms with E-state index in [9.17, 15) is 4.79 Å². The number of hydrogen-bond acceptors (Lipinski definition) is 3. The maximum Gasteiger partial charge on any atom is 0.407 e. The lowest BCUT2D eigenvalue weighted by Gasteiger charge is -2.39. The molecule has 76 valence electrons. The van der Waals surface area contributed by atoms with Gasteiger partial charge < -0.3 is 15.4 Å². The summed E-state index contributed by atoms with van der Waals surface area (Å²) in [4.78, 5) is 11.0. The van der Waals surface area contributed by atoms with Crippen molar-refractivity contribution < 1.29 is 9.53 Å². The van der Waals surface area contributed by atoms with Crippen molar-refractivity contribution in [2.75, 3.05) is 19.6 Å². The highest BCUT2D eigenvalue weighted by molar-refractivity contribution is 5.85. The molecule has 1 spiro atoms. The molecule has 4 nitrogen and oxygen atoms in total. The number of rotatable bonds is 0. The molecule has 2 fully saturated rings. The van der Waals surface area contributed by atoms with E-state index in [1.54, 1.807) is 0 Å². The second-order valence-corrected chi connectivity index (χ2v) is 3.50. The second-order valence-electron chi connectivity index (χ2n) is 3.50. The van der Waals surface area contributed by atoms with Crippen LogP contribution in [0, 0.1) is 0 Å². The molecule has 2 aliphatic rings. The lowest BCUT2D eigenvalue weighted by molar-refractivity contribution is -0.0332. The zero-order chi connectivity index (χ0) is 8.44. The van der Waals surface area contributed by atoms with Crippen LogP contribution in [0.1, 0.15) is 19.3 Å². The minimum atomic E-state index is -0.247. The van der Waals surface area contributed by atoms with E-state index in [0.717, 1.165) is 38.9 Å². The molecule has 2 saturated heterocycles. The van der Waals surface area contributed by atoms with Gasteiger partial charge in [-0.05, 0) is 25.9 Å². The van der Waals surface area contributed by atoms with E-state index < -0.39 is 0 Å². The number of carbonyl (C=O) groups is 1. The van der Waals surface area contributed by atoms with E-state index in [-0.39, 0.29) is 24.1 Å². The van der Waals surface area contributed by atoms with Gasteiger partial charge in [0.1, 0.15) is 5.60 Å². The summed E-state index contributed by atoms with van der Waals surface area (Å²) in [6.07, 6.45) is 2.63. The van der Waals surface area contributed by atoms with Gasteiger partial charge in [-0.15, -0.1) is 12.4 Å². The quantitative estimate of drug-likeness (QED) is 0.612. The largest absolute Gasteiger partial charge is 0.443 e. The Kier molecular flexibility index (Phi) is 3.39. The van der Waals surface area contributed by atoms with Crippen LogP contribution in [0.3, 0.4) is 0 Å². The molecule has 0 bridgehead atoms. The molecule has 0 unspecified atom stereocenters. The van der Waals surface area contributed by atoms with Crippen LogP contribution in [0.2, 0.25) is 0 Å². The van der Waals surface area contributed by atoms with Crippen LogP contribution in [0.4, 0.5) is 4.79 Å². The Hall–Kier alpha value is -0.480. The molecule has 0 aliphatic carbocycles. The van der Waals surface area contributed by atoms with Gasteiger partial charge in [0.2, 0.25) is 0 Å². The third kappa shape index (κ3) is 2.25. The van der Waals surface area contributed by atoms with E-state index in [4.69, 9.17) is 4.74 Å². The van der Waals surface area contributed by atoms with Gasteiger partial charge in [-0.1, -0.05) is 0 Å². The summed E-state index contributed by atoms with van der Waals surface area (Å²) in [5.74, 6) is 0. The predicted octanol–water partition coefficient (Wildman–Crippen LogP) is 0.660. The second kappa shape index (κ2) is 4.15. The highest BCUT2D eigenvalue weighted by Gasteiger charge is 2.38. The minimum Gasteiger partial charge on any atom is -0.443 e. The number of carbonyl (C=O) groups excluding carboxylic acids is 1. The van der Waals surface area contributed by atoms with Crippen molar-refractivity contribution in [1.29, 1.82) is 0 Å². The fourth-order valence-electron chi connectivity index (χ4n) is 1.91. The van der Waals surface area contributed by atoms with Crippen molar-refractivity contribution in [3.8, 4) is 0 Å². The average Bonchev–Trinajstić information content (AvgIpc) is 2.05. The normalized spacial score (nSPS) is 25.7. The van der Waals surface area contributed by atoms with Gasteiger partial charge in [0, 0.05) is 13.0 Å². The fraction of sp³-hybridized carbons (Fsp3) is 0.875. The van der Waals surface area contributed by atoms with Gasteiger partial charge in [0.05, 0.1) is 0 Å². The number of nitrogens with one attached hydrogen (secondary N) is 2. The van der Waals surface area contributed by atoms with E-state index in [1.165, 1.54) is 0 Å². The van der Waals surface area contributed by atoms with E-state index in [0.29, 0.717) is 0 Å². The number of halogens is 1. The SMILES string of the molecule is Cl.O=C1NCCC2(CCNCC2)O1. The van der Waals surface area contributed by atoms with Gasteiger partial charge in [0.15, 0.2) is 0 Å². The predicted molar refractivity (Wildman–Crippen MR) is 51.2 cm³/mol. The number of amides is 1. The molecular weight excluding hydrogens is 192 g/mol. The monoisotopic (exact) mass is 206 g/mol. The molecule has 2 aliphatic heterocycles. The number of hydrogen-bond donors (Lipinski definition) is 2. The summed E-state index contributed by atoms with van der Waals surface area (Å²) >= 11 is 0. The Labute approximate surface area is 83.8 Å².